The first kappa shape index (κ1) is 61.5. The lowest BCUT2D eigenvalue weighted by Crippen LogP contribution is -2.30. The Balaban J connectivity index is 0.000000139. The Morgan fingerprint density at radius 1 is 0.280 bits per heavy atom. The summed E-state index contributed by atoms with van der Waals surface area (Å²) in [4.78, 5) is 28.2. The van der Waals surface area contributed by atoms with Crippen molar-refractivity contribution in [2.75, 3.05) is 4.90 Å². The van der Waals surface area contributed by atoms with Gasteiger partial charge in [-0.1, -0.05) is 281 Å². The van der Waals surface area contributed by atoms with E-state index >= 15 is 0 Å². The zero-order valence-electron chi connectivity index (χ0n) is 58.4. The minimum atomic E-state index is -0.107. The van der Waals surface area contributed by atoms with Gasteiger partial charge in [0, 0.05) is 109 Å². The number of hydrogen-bond donors (Lipinski definition) is 0. The normalized spacial score (nSPS) is 12.6. The number of aromatic nitrogens is 6. The average molecular weight is 1370 g/mol. The van der Waals surface area contributed by atoms with Crippen LogP contribution in [0.5, 0.6) is 0 Å². The molecule has 6 aromatic heterocycles. The first-order valence-corrected chi connectivity index (χ1v) is 36.3. The second-order valence-electron chi connectivity index (χ2n) is 28.1. The molecule has 107 heavy (non-hydrogen) atoms. The molecule has 502 valence electrons. The minimum absolute atomic E-state index is 0.107. The molecule has 0 N–H and O–H groups in total. The highest BCUT2D eigenvalue weighted by molar-refractivity contribution is 6.30. The van der Waals surface area contributed by atoms with E-state index in [1.165, 1.54) is 27.9 Å². The third-order valence-corrected chi connectivity index (χ3v) is 21.7. The van der Waals surface area contributed by atoms with E-state index in [0.717, 1.165) is 165 Å². The van der Waals surface area contributed by atoms with E-state index in [1.807, 2.05) is 36.4 Å². The molecule has 0 saturated heterocycles. The van der Waals surface area contributed by atoms with Gasteiger partial charge >= 0.3 is 0 Å². The fourth-order valence-corrected chi connectivity index (χ4v) is 16.8. The van der Waals surface area contributed by atoms with Crippen LogP contribution in [0.25, 0.3) is 183 Å². The average Bonchev–Trinajstić information content (AvgIpc) is 1.22. The van der Waals surface area contributed by atoms with Crippen LogP contribution in [0.2, 0.25) is 0 Å². The zero-order valence-corrected chi connectivity index (χ0v) is 58.4. The molecular weight excluding hydrogens is 1310 g/mol. The second-order valence-corrected chi connectivity index (χ2v) is 28.1. The molecule has 22 rings (SSSR count). The van der Waals surface area contributed by atoms with Crippen LogP contribution in [0, 0.1) is 0 Å². The number of para-hydroxylation sites is 8. The van der Waals surface area contributed by atoms with E-state index < -0.39 is 0 Å². The van der Waals surface area contributed by atoms with Crippen LogP contribution in [-0.2, 0) is 5.41 Å². The maximum absolute atomic E-state index is 6.85. The molecule has 21 aromatic rings. The topological polar surface area (TPSA) is 98.9 Å². The van der Waals surface area contributed by atoms with Gasteiger partial charge in [-0.2, -0.15) is 9.97 Å². The lowest BCUT2D eigenvalue weighted by atomic mass is 9.73. The van der Waals surface area contributed by atoms with Crippen LogP contribution >= 0.6 is 0 Å². The van der Waals surface area contributed by atoms with Crippen molar-refractivity contribution in [1.29, 1.82) is 0 Å². The quantitative estimate of drug-likeness (QED) is 0.139. The fourth-order valence-electron chi connectivity index (χ4n) is 16.8. The zero-order chi connectivity index (χ0) is 70.8. The highest BCUT2D eigenvalue weighted by Crippen LogP contribution is 2.53. The van der Waals surface area contributed by atoms with Crippen molar-refractivity contribution >= 4 is 126 Å². The summed E-state index contributed by atoms with van der Waals surface area (Å²) in [5.41, 5.74) is 23.6. The first-order chi connectivity index (χ1) is 52.8. The highest BCUT2D eigenvalue weighted by atomic mass is 16.3. The highest BCUT2D eigenvalue weighted by Gasteiger charge is 2.37. The number of hydrogen-bond acceptors (Lipinski definition) is 8. The van der Waals surface area contributed by atoms with Crippen molar-refractivity contribution in [2.45, 2.75) is 19.3 Å². The summed E-state index contributed by atoms with van der Waals surface area (Å²) in [7, 11) is 0. The van der Waals surface area contributed by atoms with Gasteiger partial charge in [0.05, 0.1) is 44.8 Å². The van der Waals surface area contributed by atoms with Crippen molar-refractivity contribution in [1.82, 2.24) is 29.5 Å². The molecule has 0 radical (unpaired) electrons. The lowest BCUT2D eigenvalue weighted by Gasteiger charge is -2.42. The predicted octanol–water partition coefficient (Wildman–Crippen LogP) is 26.0. The van der Waals surface area contributed by atoms with Crippen LogP contribution in [-0.4, -0.2) is 29.5 Å². The van der Waals surface area contributed by atoms with E-state index in [4.69, 9.17) is 33.8 Å². The van der Waals surface area contributed by atoms with Crippen molar-refractivity contribution in [3.05, 3.63) is 357 Å². The summed E-state index contributed by atoms with van der Waals surface area (Å²) < 4.78 is 15.8. The molecule has 0 unspecified atom stereocenters. The van der Waals surface area contributed by atoms with E-state index in [9.17, 15) is 0 Å². The van der Waals surface area contributed by atoms with Gasteiger partial charge in [0.25, 0.3) is 0 Å². The Hall–Kier alpha value is -14.2. The molecule has 0 saturated carbocycles. The van der Waals surface area contributed by atoms with Gasteiger partial charge < -0.3 is 13.7 Å². The third kappa shape index (κ3) is 9.89. The summed E-state index contributed by atoms with van der Waals surface area (Å²) in [6.45, 7) is 4.65. The summed E-state index contributed by atoms with van der Waals surface area (Å²) in [5.74, 6) is 1.76. The molecule has 1 aliphatic rings. The molecule has 0 atom stereocenters. The van der Waals surface area contributed by atoms with E-state index in [2.05, 4.69) is 333 Å². The standard InChI is InChI=1S/C52H31N5O.C46H32N2O/c1-3-15-32(16-4-1)48-40-29-30-45-47(46(40)39-23-7-10-26-42(39)53-48)41-25-14-24-36(49(41)58-45)34-19-13-20-35(31-34)51-54-50(33-17-5-2-6-18-33)55-52(56-51)57-43-27-11-8-21-37(43)38-22-9-12-28-44(38)57;1-46(2)36-21-7-10-24-39(36)48(40-25-11-8-22-37(40)46)31-17-12-16-30(28-31)32-19-13-20-35-43-41(49-45(32)35)27-26-34-42(43)33-18-6-9-23-38(33)47-44(34)29-14-4-3-5-15-29/h1-31H;3-28H,1-2H3. The van der Waals surface area contributed by atoms with Gasteiger partial charge in [0.2, 0.25) is 5.95 Å². The van der Waals surface area contributed by atoms with E-state index in [0.29, 0.717) is 17.6 Å². The maximum atomic E-state index is 6.85. The van der Waals surface area contributed by atoms with Gasteiger partial charge in [-0.25, -0.2) is 15.0 Å². The first-order valence-electron chi connectivity index (χ1n) is 36.3. The molecule has 0 aliphatic carbocycles. The second kappa shape index (κ2) is 24.5. The number of pyridine rings is 2. The van der Waals surface area contributed by atoms with Crippen molar-refractivity contribution < 1.29 is 8.83 Å². The molecule has 0 spiro atoms. The Bertz CT molecular complexity index is 7080. The summed E-state index contributed by atoms with van der Waals surface area (Å²) in [5, 5.41) is 13.4. The largest absolute Gasteiger partial charge is 0.455 e. The lowest BCUT2D eigenvalue weighted by molar-refractivity contribution is 0.632. The Kier molecular flexibility index (Phi) is 14.1. The number of furan rings is 2. The molecular formula is C98H63N7O2. The van der Waals surface area contributed by atoms with Gasteiger partial charge in [-0.15, -0.1) is 0 Å². The van der Waals surface area contributed by atoms with Crippen molar-refractivity contribution in [2.24, 2.45) is 0 Å². The number of rotatable bonds is 8. The Morgan fingerprint density at radius 3 is 1.21 bits per heavy atom. The Morgan fingerprint density at radius 2 is 0.682 bits per heavy atom. The molecule has 0 fully saturated rings. The molecule has 0 bridgehead atoms. The molecule has 0 amide bonds. The number of benzene rings is 15. The van der Waals surface area contributed by atoms with E-state index in [-0.39, 0.29) is 5.41 Å². The van der Waals surface area contributed by atoms with Crippen LogP contribution < -0.4 is 4.90 Å². The van der Waals surface area contributed by atoms with Gasteiger partial charge in [0.15, 0.2) is 11.6 Å². The molecule has 9 nitrogen and oxygen atoms in total. The van der Waals surface area contributed by atoms with Crippen LogP contribution in [0.4, 0.5) is 17.1 Å². The SMILES string of the molecule is CC1(C)c2ccccc2N(c2cccc(-c3cccc4c3oc3ccc5c(-c6ccccc6)nc6ccccc6c5c34)c2)c2ccccc21.c1ccc(-c2nc(-c3cccc(-c4cccc5c4oc4ccc6c(-c7ccccc7)nc7ccccc7c6c45)c3)nc(-n3c4ccccc4c4ccccc43)n2)cc1. The van der Waals surface area contributed by atoms with Crippen LogP contribution in [0.15, 0.2) is 355 Å². The fraction of sp³-hybridized carbons (Fsp3) is 0.0306. The summed E-state index contributed by atoms with van der Waals surface area (Å²) in [6, 6.07) is 121. The molecule has 1 aliphatic heterocycles. The number of anilines is 3. The third-order valence-electron chi connectivity index (χ3n) is 21.7. The number of nitrogens with zero attached hydrogens (tertiary/aromatic N) is 7. The van der Waals surface area contributed by atoms with Gasteiger partial charge in [-0.3, -0.25) is 4.57 Å². The number of fused-ring (bicyclic) bond motifs is 19. The van der Waals surface area contributed by atoms with Crippen LogP contribution in [0.3, 0.4) is 0 Å². The van der Waals surface area contributed by atoms with Crippen molar-refractivity contribution in [3.63, 3.8) is 0 Å². The predicted molar refractivity (Wildman–Crippen MR) is 440 cm³/mol. The molecule has 15 aromatic carbocycles. The van der Waals surface area contributed by atoms with Crippen LogP contribution in [0.1, 0.15) is 25.0 Å². The molecule has 7 heterocycles. The summed E-state index contributed by atoms with van der Waals surface area (Å²) >= 11 is 0. The minimum Gasteiger partial charge on any atom is -0.455 e. The smallest absolute Gasteiger partial charge is 0.238 e. The van der Waals surface area contributed by atoms with Gasteiger partial charge in [0.1, 0.15) is 22.3 Å². The molecule has 9 heteroatoms. The maximum Gasteiger partial charge on any atom is 0.238 e. The Labute approximate surface area is 615 Å². The van der Waals surface area contributed by atoms with Crippen molar-refractivity contribution in [3.8, 4) is 73.5 Å². The van der Waals surface area contributed by atoms with Gasteiger partial charge in [-0.05, 0) is 101 Å². The summed E-state index contributed by atoms with van der Waals surface area (Å²) in [6.07, 6.45) is 0. The van der Waals surface area contributed by atoms with E-state index in [1.54, 1.807) is 0 Å². The monoisotopic (exact) mass is 1370 g/mol.